The number of rotatable bonds is 5. The normalized spacial score (nSPS) is 15.1. The predicted octanol–water partition coefficient (Wildman–Crippen LogP) is 5.15. The van der Waals surface area contributed by atoms with Gasteiger partial charge in [0.05, 0.1) is 26.3 Å². The SMILES string of the molecule is COc1cc(Br)cc(OC)c1CN(C(=O)OC(C)(C)C)C1CCCC1. The second-order valence-electron chi connectivity index (χ2n) is 7.34. The largest absolute Gasteiger partial charge is 0.496 e. The van der Waals surface area contributed by atoms with E-state index in [1.165, 1.54) is 0 Å². The highest BCUT2D eigenvalue weighted by Crippen LogP contribution is 2.36. The molecule has 0 heterocycles. The quantitative estimate of drug-likeness (QED) is 0.669. The molecule has 0 N–H and O–H groups in total. The molecule has 0 bridgehead atoms. The van der Waals surface area contributed by atoms with Gasteiger partial charge in [-0.15, -0.1) is 0 Å². The number of amides is 1. The molecule has 0 aliphatic heterocycles. The standard InChI is InChI=1S/C19H28BrNO4/c1-19(2,3)25-18(22)21(14-8-6-7-9-14)12-15-16(23-4)10-13(20)11-17(15)24-5/h10-11,14H,6-9,12H2,1-5H3. The molecule has 1 aliphatic carbocycles. The van der Waals surface area contributed by atoms with Gasteiger partial charge in [0.1, 0.15) is 17.1 Å². The van der Waals surface area contributed by atoms with Gasteiger partial charge in [-0.25, -0.2) is 4.79 Å². The van der Waals surface area contributed by atoms with Gasteiger partial charge in [-0.1, -0.05) is 28.8 Å². The van der Waals surface area contributed by atoms with Crippen LogP contribution in [0.3, 0.4) is 0 Å². The highest BCUT2D eigenvalue weighted by molar-refractivity contribution is 9.10. The third kappa shape index (κ3) is 5.27. The maximum absolute atomic E-state index is 12.8. The van der Waals surface area contributed by atoms with Crippen LogP contribution in [0.1, 0.15) is 52.0 Å². The fraction of sp³-hybridized carbons (Fsp3) is 0.632. The molecule has 1 saturated carbocycles. The van der Waals surface area contributed by atoms with E-state index in [0.29, 0.717) is 18.0 Å². The Morgan fingerprint density at radius 1 is 1.16 bits per heavy atom. The molecular weight excluding hydrogens is 386 g/mol. The van der Waals surface area contributed by atoms with Gasteiger partial charge >= 0.3 is 6.09 Å². The highest BCUT2D eigenvalue weighted by Gasteiger charge is 2.32. The lowest BCUT2D eigenvalue weighted by molar-refractivity contribution is 0.0142. The van der Waals surface area contributed by atoms with E-state index in [4.69, 9.17) is 14.2 Å². The van der Waals surface area contributed by atoms with E-state index in [1.54, 1.807) is 14.2 Å². The van der Waals surface area contributed by atoms with Crippen molar-refractivity contribution in [3.63, 3.8) is 0 Å². The summed E-state index contributed by atoms with van der Waals surface area (Å²) in [5.74, 6) is 1.38. The van der Waals surface area contributed by atoms with Crippen LogP contribution < -0.4 is 9.47 Å². The molecule has 1 amide bonds. The van der Waals surface area contributed by atoms with E-state index in [-0.39, 0.29) is 12.1 Å². The van der Waals surface area contributed by atoms with Crippen molar-refractivity contribution in [1.29, 1.82) is 0 Å². The number of carbonyl (C=O) groups excluding carboxylic acids is 1. The third-order valence-electron chi connectivity index (χ3n) is 4.29. The number of benzene rings is 1. The van der Waals surface area contributed by atoms with E-state index in [1.807, 2.05) is 37.8 Å². The number of halogens is 1. The molecule has 25 heavy (non-hydrogen) atoms. The van der Waals surface area contributed by atoms with Crippen LogP contribution in [0.25, 0.3) is 0 Å². The van der Waals surface area contributed by atoms with Crippen LogP contribution in [0.5, 0.6) is 11.5 Å². The van der Waals surface area contributed by atoms with Crippen LogP contribution in [0.15, 0.2) is 16.6 Å². The van der Waals surface area contributed by atoms with Gasteiger partial charge in [0.25, 0.3) is 0 Å². The molecule has 1 aromatic carbocycles. The molecule has 2 rings (SSSR count). The van der Waals surface area contributed by atoms with Crippen molar-refractivity contribution in [2.24, 2.45) is 0 Å². The summed E-state index contributed by atoms with van der Waals surface area (Å²) in [4.78, 5) is 14.7. The lowest BCUT2D eigenvalue weighted by atomic mass is 10.1. The van der Waals surface area contributed by atoms with E-state index in [0.717, 1.165) is 35.7 Å². The number of methoxy groups -OCH3 is 2. The molecule has 140 valence electrons. The Balaban J connectivity index is 2.35. The first-order valence-corrected chi connectivity index (χ1v) is 9.44. The summed E-state index contributed by atoms with van der Waals surface area (Å²) < 4.78 is 17.6. The Morgan fingerprint density at radius 2 is 1.68 bits per heavy atom. The second kappa shape index (κ2) is 8.30. The zero-order valence-electron chi connectivity index (χ0n) is 15.7. The fourth-order valence-electron chi connectivity index (χ4n) is 3.16. The molecule has 0 radical (unpaired) electrons. The van der Waals surface area contributed by atoms with E-state index in [2.05, 4.69) is 15.9 Å². The number of ether oxygens (including phenoxy) is 3. The smallest absolute Gasteiger partial charge is 0.410 e. The summed E-state index contributed by atoms with van der Waals surface area (Å²) in [5.41, 5.74) is 0.327. The van der Waals surface area contributed by atoms with Gasteiger partial charge in [0.15, 0.2) is 0 Å². The van der Waals surface area contributed by atoms with Crippen LogP contribution in [0.2, 0.25) is 0 Å². The van der Waals surface area contributed by atoms with Crippen LogP contribution in [0, 0.1) is 0 Å². The van der Waals surface area contributed by atoms with Gasteiger partial charge in [0.2, 0.25) is 0 Å². The van der Waals surface area contributed by atoms with E-state index < -0.39 is 5.60 Å². The Kier molecular flexibility index (Phi) is 6.60. The van der Waals surface area contributed by atoms with Gasteiger partial charge < -0.3 is 19.1 Å². The Labute approximate surface area is 158 Å². The summed E-state index contributed by atoms with van der Waals surface area (Å²) in [6.45, 7) is 6.06. The fourth-order valence-corrected chi connectivity index (χ4v) is 3.57. The van der Waals surface area contributed by atoms with Crippen LogP contribution in [-0.4, -0.2) is 36.9 Å². The summed E-state index contributed by atoms with van der Waals surface area (Å²) in [7, 11) is 3.25. The molecule has 1 aliphatic rings. The van der Waals surface area contributed by atoms with Crippen molar-refractivity contribution < 1.29 is 19.0 Å². The highest BCUT2D eigenvalue weighted by atomic mass is 79.9. The molecular formula is C19H28BrNO4. The van der Waals surface area contributed by atoms with Crippen molar-refractivity contribution in [3.05, 3.63) is 22.2 Å². The third-order valence-corrected chi connectivity index (χ3v) is 4.75. The molecule has 0 saturated heterocycles. The van der Waals surface area contributed by atoms with E-state index in [9.17, 15) is 4.79 Å². The van der Waals surface area contributed by atoms with Crippen LogP contribution in [-0.2, 0) is 11.3 Å². The number of hydrogen-bond acceptors (Lipinski definition) is 4. The Hall–Kier alpha value is -1.43. The predicted molar refractivity (Wildman–Crippen MR) is 101 cm³/mol. The van der Waals surface area contributed by atoms with Gasteiger partial charge in [0, 0.05) is 10.5 Å². The minimum atomic E-state index is -0.526. The minimum Gasteiger partial charge on any atom is -0.496 e. The maximum Gasteiger partial charge on any atom is 0.410 e. The maximum atomic E-state index is 12.8. The first kappa shape index (κ1) is 19.9. The van der Waals surface area contributed by atoms with E-state index >= 15 is 0 Å². The summed E-state index contributed by atoms with van der Waals surface area (Å²) >= 11 is 3.46. The van der Waals surface area contributed by atoms with Crippen LogP contribution in [0.4, 0.5) is 4.79 Å². The average molecular weight is 414 g/mol. The lowest BCUT2D eigenvalue weighted by Gasteiger charge is -2.32. The second-order valence-corrected chi connectivity index (χ2v) is 8.25. The van der Waals surface area contributed by atoms with Crippen molar-refractivity contribution in [2.75, 3.05) is 14.2 Å². The summed E-state index contributed by atoms with van der Waals surface area (Å²) in [6.07, 6.45) is 3.99. The summed E-state index contributed by atoms with van der Waals surface area (Å²) in [5, 5.41) is 0. The van der Waals surface area contributed by atoms with Gasteiger partial charge in [-0.3, -0.25) is 0 Å². The molecule has 5 nitrogen and oxygen atoms in total. The zero-order valence-corrected chi connectivity index (χ0v) is 17.3. The molecule has 6 heteroatoms. The summed E-state index contributed by atoms with van der Waals surface area (Å²) in [6, 6.07) is 3.97. The Bertz CT molecular complexity index is 581. The molecule has 0 aromatic heterocycles. The average Bonchev–Trinajstić information content (AvgIpc) is 3.04. The lowest BCUT2D eigenvalue weighted by Crippen LogP contribution is -2.42. The first-order valence-electron chi connectivity index (χ1n) is 8.65. The molecule has 1 fully saturated rings. The monoisotopic (exact) mass is 413 g/mol. The first-order chi connectivity index (χ1) is 11.7. The number of carbonyl (C=O) groups is 1. The van der Waals surface area contributed by atoms with Gasteiger partial charge in [-0.05, 0) is 45.7 Å². The molecule has 0 spiro atoms. The Morgan fingerprint density at radius 3 is 2.12 bits per heavy atom. The molecule has 1 aromatic rings. The molecule has 0 atom stereocenters. The van der Waals surface area contributed by atoms with Crippen molar-refractivity contribution in [2.45, 2.75) is 64.6 Å². The molecule has 0 unspecified atom stereocenters. The number of nitrogens with zero attached hydrogens (tertiary/aromatic N) is 1. The van der Waals surface area contributed by atoms with Crippen molar-refractivity contribution >= 4 is 22.0 Å². The zero-order chi connectivity index (χ0) is 18.6. The number of hydrogen-bond donors (Lipinski definition) is 0. The minimum absolute atomic E-state index is 0.188. The van der Waals surface area contributed by atoms with Crippen molar-refractivity contribution in [1.82, 2.24) is 4.90 Å². The van der Waals surface area contributed by atoms with Crippen LogP contribution >= 0.6 is 15.9 Å². The topological polar surface area (TPSA) is 48.0 Å². The van der Waals surface area contributed by atoms with Crippen molar-refractivity contribution in [3.8, 4) is 11.5 Å². The van der Waals surface area contributed by atoms with Gasteiger partial charge in [-0.2, -0.15) is 0 Å².